The molecule has 0 amide bonds. The first-order valence-electron chi connectivity index (χ1n) is 16.2. The summed E-state index contributed by atoms with van der Waals surface area (Å²) in [5, 5.41) is 8.52. The zero-order chi connectivity index (χ0) is 36.5. The summed E-state index contributed by atoms with van der Waals surface area (Å²) in [4.78, 5) is 14.3. The molecule has 8 nitrogen and oxygen atoms in total. The van der Waals surface area contributed by atoms with Gasteiger partial charge in [-0.05, 0) is 90.9 Å². The van der Waals surface area contributed by atoms with E-state index in [1.807, 2.05) is 24.3 Å². The van der Waals surface area contributed by atoms with Crippen molar-refractivity contribution in [3.8, 4) is 5.75 Å². The Balaban J connectivity index is 0.000000582. The third-order valence-electron chi connectivity index (χ3n) is 9.13. The average molecular weight is 761 g/mol. The van der Waals surface area contributed by atoms with Gasteiger partial charge in [-0.2, -0.15) is 17.5 Å². The minimum absolute atomic E-state index is 0.0171. The van der Waals surface area contributed by atoms with Crippen LogP contribution in [0.1, 0.15) is 66.1 Å². The Morgan fingerprint density at radius 2 is 1.41 bits per heavy atom. The molecule has 4 aromatic carbocycles. The van der Waals surface area contributed by atoms with Gasteiger partial charge < -0.3 is 14.4 Å². The number of hydrogen-bond donors (Lipinski definition) is 1. The van der Waals surface area contributed by atoms with E-state index in [0.717, 1.165) is 59.2 Å². The lowest BCUT2D eigenvalue weighted by atomic mass is 9.85. The zero-order valence-corrected chi connectivity index (χ0v) is 29.7. The summed E-state index contributed by atoms with van der Waals surface area (Å²) >= 11 is 12.5. The number of carboxylic acid groups (broad SMARTS) is 1. The van der Waals surface area contributed by atoms with Crippen LogP contribution in [-0.4, -0.2) is 59.7 Å². The van der Waals surface area contributed by atoms with Crippen LogP contribution in [-0.2, 0) is 14.8 Å². The first kappa shape index (κ1) is 36.7. The molecule has 0 bridgehead atoms. The van der Waals surface area contributed by atoms with E-state index in [1.165, 1.54) is 0 Å². The monoisotopic (exact) mass is 759 g/mol. The van der Waals surface area contributed by atoms with Crippen LogP contribution < -0.4 is 4.74 Å². The maximum Gasteiger partial charge on any atom is 0.490 e. The topological polar surface area (TPSA) is 102 Å². The molecule has 1 aromatic heterocycles. The van der Waals surface area contributed by atoms with E-state index in [4.69, 9.17) is 42.8 Å². The molecule has 5 aromatic rings. The predicted molar refractivity (Wildman–Crippen MR) is 189 cm³/mol. The molecule has 51 heavy (non-hydrogen) atoms. The molecule has 2 fully saturated rings. The van der Waals surface area contributed by atoms with Crippen LogP contribution in [0.25, 0.3) is 11.0 Å². The Bertz CT molecular complexity index is 2080. The summed E-state index contributed by atoms with van der Waals surface area (Å²) in [5.74, 6) is -0.663. The highest BCUT2D eigenvalue weighted by atomic mass is 35.5. The lowest BCUT2D eigenvalue weighted by Gasteiger charge is -2.33. The summed E-state index contributed by atoms with van der Waals surface area (Å²) in [6, 6.07) is 29.5. The van der Waals surface area contributed by atoms with Crippen molar-refractivity contribution in [3.05, 3.63) is 124 Å². The summed E-state index contributed by atoms with van der Waals surface area (Å²) in [5.41, 5.74) is 5.52. The van der Waals surface area contributed by atoms with Crippen molar-refractivity contribution in [3.63, 3.8) is 0 Å². The third-order valence-corrected chi connectivity index (χ3v) is 11.5. The number of imidazole rings is 1. The molecule has 0 radical (unpaired) electrons. The number of aromatic nitrogens is 2. The normalized spacial score (nSPS) is 15.8. The first-order chi connectivity index (χ1) is 24.3. The summed E-state index contributed by atoms with van der Waals surface area (Å²) in [6.45, 7) is 0.901. The fourth-order valence-electron chi connectivity index (χ4n) is 6.46. The number of carbonyl (C=O) groups is 1. The molecule has 0 spiro atoms. The Morgan fingerprint density at radius 3 is 1.92 bits per heavy atom. The van der Waals surface area contributed by atoms with Crippen LogP contribution in [0.3, 0.4) is 0 Å². The summed E-state index contributed by atoms with van der Waals surface area (Å²) < 4.78 is 68.1. The van der Waals surface area contributed by atoms with Crippen LogP contribution in [0.15, 0.2) is 95.9 Å². The van der Waals surface area contributed by atoms with Crippen molar-refractivity contribution in [2.45, 2.75) is 54.6 Å². The van der Waals surface area contributed by atoms with E-state index in [1.54, 1.807) is 35.7 Å². The number of rotatable bonds is 8. The quantitative estimate of drug-likeness (QED) is 0.159. The van der Waals surface area contributed by atoms with E-state index in [2.05, 4.69) is 47.0 Å². The molecular weight excluding hydrogens is 726 g/mol. The number of fused-ring (bicyclic) bond motifs is 1. The lowest BCUT2D eigenvalue weighted by Crippen LogP contribution is -2.39. The van der Waals surface area contributed by atoms with Crippen molar-refractivity contribution in [2.75, 3.05) is 20.2 Å². The highest BCUT2D eigenvalue weighted by molar-refractivity contribution is 7.89. The van der Waals surface area contributed by atoms with Gasteiger partial charge in [0, 0.05) is 47.1 Å². The van der Waals surface area contributed by atoms with Gasteiger partial charge in [0.1, 0.15) is 11.6 Å². The second-order valence-electron chi connectivity index (χ2n) is 12.5. The van der Waals surface area contributed by atoms with Gasteiger partial charge >= 0.3 is 12.1 Å². The van der Waals surface area contributed by atoms with E-state index < -0.39 is 22.2 Å². The minimum atomic E-state index is -5.08. The Morgan fingerprint density at radius 1 is 0.863 bits per heavy atom. The average Bonchev–Trinajstić information content (AvgIpc) is 3.90. The van der Waals surface area contributed by atoms with Gasteiger partial charge in [-0.15, -0.1) is 0 Å². The zero-order valence-electron chi connectivity index (χ0n) is 27.4. The Kier molecular flexibility index (Phi) is 10.7. The second kappa shape index (κ2) is 14.9. The van der Waals surface area contributed by atoms with Gasteiger partial charge in [0.15, 0.2) is 0 Å². The van der Waals surface area contributed by atoms with Gasteiger partial charge in [-0.25, -0.2) is 18.2 Å². The second-order valence-corrected chi connectivity index (χ2v) is 15.3. The number of nitrogens with zero attached hydrogens (tertiary/aromatic N) is 3. The maximum atomic E-state index is 13.5. The van der Waals surface area contributed by atoms with Gasteiger partial charge in [0.25, 0.3) is 0 Å². The van der Waals surface area contributed by atoms with Crippen LogP contribution in [0.4, 0.5) is 13.2 Å². The molecule has 0 unspecified atom stereocenters. The molecule has 1 aliphatic carbocycles. The summed E-state index contributed by atoms with van der Waals surface area (Å²) in [7, 11) is -2.07. The molecular formula is C37H34Cl2F3N3O5S. The van der Waals surface area contributed by atoms with Crippen molar-refractivity contribution in [1.82, 2.24) is 13.9 Å². The number of alkyl halides is 3. The van der Waals surface area contributed by atoms with Crippen molar-refractivity contribution < 1.29 is 36.2 Å². The Hall–Kier alpha value is -4.10. The molecule has 14 heteroatoms. The number of halogens is 5. The number of sulfonamides is 1. The van der Waals surface area contributed by atoms with E-state index in [0.29, 0.717) is 34.8 Å². The molecule has 1 saturated heterocycles. The first-order valence-corrected chi connectivity index (χ1v) is 18.4. The van der Waals surface area contributed by atoms with E-state index >= 15 is 0 Å². The van der Waals surface area contributed by atoms with Gasteiger partial charge in [0.2, 0.25) is 10.0 Å². The number of piperidine rings is 1. The highest BCUT2D eigenvalue weighted by Gasteiger charge is 2.38. The highest BCUT2D eigenvalue weighted by Crippen LogP contribution is 2.44. The fraction of sp³-hybridized carbons (Fsp3) is 0.297. The number of methoxy groups -OCH3 is 1. The van der Waals surface area contributed by atoms with E-state index in [9.17, 15) is 21.6 Å². The standard InChI is InChI=1S/C35H33Cl2N3O3S.C2HF3O2/c1-43-30-3-2-4-31(22-30)44(41,42)39-19-17-29(18-20-39)40-33-21-26(11-16-32(33)38-35(40)25-5-6-25)34(23-7-12-27(36)13-8-23)24-9-14-28(37)15-10-24;3-2(4,5)1(6)7/h2-4,7-16,21-22,25,29,34H,5-6,17-20H2,1H3;(H,6,7). The number of carboxylic acids is 1. The molecule has 1 aliphatic heterocycles. The Labute approximate surface area is 303 Å². The van der Waals surface area contributed by atoms with Gasteiger partial charge in [-0.1, -0.05) is 59.6 Å². The van der Waals surface area contributed by atoms with Crippen LogP contribution >= 0.6 is 23.2 Å². The smallest absolute Gasteiger partial charge is 0.490 e. The molecule has 1 saturated carbocycles. The largest absolute Gasteiger partial charge is 0.497 e. The lowest BCUT2D eigenvalue weighted by molar-refractivity contribution is -0.192. The number of hydrogen-bond acceptors (Lipinski definition) is 5. The van der Waals surface area contributed by atoms with Crippen LogP contribution in [0, 0.1) is 0 Å². The molecule has 268 valence electrons. The summed E-state index contributed by atoms with van der Waals surface area (Å²) in [6.07, 6.45) is -1.37. The van der Waals surface area contributed by atoms with Gasteiger partial charge in [0.05, 0.1) is 23.0 Å². The molecule has 0 atom stereocenters. The third kappa shape index (κ3) is 8.19. The SMILES string of the molecule is COc1cccc(S(=O)(=O)N2CCC(n3c(C4CC4)nc4ccc(C(c5ccc(Cl)cc5)c5ccc(Cl)cc5)cc43)CC2)c1.O=C(O)C(F)(F)F. The number of aliphatic carboxylic acids is 1. The maximum absolute atomic E-state index is 13.5. The predicted octanol–water partition coefficient (Wildman–Crippen LogP) is 9.07. The molecule has 1 N–H and O–H groups in total. The minimum Gasteiger partial charge on any atom is -0.497 e. The molecule has 7 rings (SSSR count). The van der Waals surface area contributed by atoms with Crippen molar-refractivity contribution in [2.24, 2.45) is 0 Å². The van der Waals surface area contributed by atoms with Crippen LogP contribution in [0.2, 0.25) is 10.0 Å². The van der Waals surface area contributed by atoms with Crippen molar-refractivity contribution >= 4 is 50.2 Å². The van der Waals surface area contributed by atoms with Gasteiger partial charge in [-0.3, -0.25) is 0 Å². The molecule has 2 aliphatic rings. The number of ether oxygens (including phenoxy) is 1. The number of benzene rings is 4. The van der Waals surface area contributed by atoms with Crippen LogP contribution in [0.5, 0.6) is 5.75 Å². The fourth-order valence-corrected chi connectivity index (χ4v) is 8.22. The van der Waals surface area contributed by atoms with Crippen molar-refractivity contribution in [1.29, 1.82) is 0 Å². The van der Waals surface area contributed by atoms with E-state index in [-0.39, 0.29) is 16.9 Å². The molecule has 2 heterocycles.